The fraction of sp³-hybridized carbons (Fsp3) is 0.250. The van der Waals surface area contributed by atoms with E-state index in [0.717, 1.165) is 18.8 Å². The molecule has 2 aromatic heterocycles. The number of ether oxygens (including phenoxy) is 1. The lowest BCUT2D eigenvalue weighted by molar-refractivity contribution is 0.248. The lowest BCUT2D eigenvalue weighted by Crippen LogP contribution is -2.22. The fourth-order valence-electron chi connectivity index (χ4n) is 3.32. The maximum Gasteiger partial charge on any atom is 0.237 e. The van der Waals surface area contributed by atoms with Crippen LogP contribution in [-0.2, 0) is 6.54 Å². The molecule has 126 valence electrons. The highest BCUT2D eigenvalue weighted by Gasteiger charge is 2.25. The van der Waals surface area contributed by atoms with E-state index in [2.05, 4.69) is 38.1 Å². The van der Waals surface area contributed by atoms with Gasteiger partial charge in [0, 0.05) is 37.4 Å². The molecular weight excluding hydrogens is 312 g/mol. The molecule has 1 aliphatic rings. The van der Waals surface area contributed by atoms with Crippen molar-refractivity contribution >= 4 is 0 Å². The largest absolute Gasteiger partial charge is 0.438 e. The fourth-order valence-corrected chi connectivity index (χ4v) is 3.32. The molecule has 4 rings (SSSR count). The van der Waals surface area contributed by atoms with E-state index in [0.29, 0.717) is 11.9 Å². The summed E-state index contributed by atoms with van der Waals surface area (Å²) in [6.07, 6.45) is 11.1. The number of nitrogens with zero attached hydrogens (tertiary/aromatic N) is 4. The number of hydrogen-bond donors (Lipinski definition) is 0. The highest BCUT2D eigenvalue weighted by atomic mass is 16.5. The lowest BCUT2D eigenvalue weighted by Gasteiger charge is -2.24. The highest BCUT2D eigenvalue weighted by molar-refractivity contribution is 5.30. The van der Waals surface area contributed by atoms with Crippen molar-refractivity contribution in [1.29, 1.82) is 0 Å². The summed E-state index contributed by atoms with van der Waals surface area (Å²) >= 11 is 0. The lowest BCUT2D eigenvalue weighted by atomic mass is 10.1. The van der Waals surface area contributed by atoms with Crippen LogP contribution >= 0.6 is 0 Å². The van der Waals surface area contributed by atoms with Crippen LogP contribution in [0.5, 0.6) is 11.6 Å². The summed E-state index contributed by atoms with van der Waals surface area (Å²) in [7, 11) is 0. The van der Waals surface area contributed by atoms with Gasteiger partial charge in [0.05, 0.1) is 6.20 Å². The Balaban J connectivity index is 1.42. The van der Waals surface area contributed by atoms with Crippen LogP contribution < -0.4 is 4.74 Å². The van der Waals surface area contributed by atoms with Crippen molar-refractivity contribution in [2.75, 3.05) is 6.54 Å². The molecule has 0 aliphatic carbocycles. The number of aromatic nitrogens is 3. The van der Waals surface area contributed by atoms with E-state index in [-0.39, 0.29) is 0 Å². The van der Waals surface area contributed by atoms with Crippen LogP contribution in [0, 0.1) is 0 Å². The Bertz CT molecular complexity index is 793. The first-order valence-corrected chi connectivity index (χ1v) is 8.55. The Labute approximate surface area is 147 Å². The van der Waals surface area contributed by atoms with E-state index in [1.807, 2.05) is 30.6 Å². The van der Waals surface area contributed by atoms with Gasteiger partial charge in [0.15, 0.2) is 0 Å². The van der Waals surface area contributed by atoms with E-state index < -0.39 is 0 Å². The molecular formula is C20H20N4O. The first-order chi connectivity index (χ1) is 12.4. The molecule has 1 saturated heterocycles. The van der Waals surface area contributed by atoms with E-state index in [1.54, 1.807) is 18.6 Å². The molecule has 5 nitrogen and oxygen atoms in total. The molecule has 1 unspecified atom stereocenters. The van der Waals surface area contributed by atoms with Gasteiger partial charge in [-0.2, -0.15) is 0 Å². The summed E-state index contributed by atoms with van der Waals surface area (Å²) in [5, 5.41) is 0. The smallest absolute Gasteiger partial charge is 0.237 e. The minimum Gasteiger partial charge on any atom is -0.438 e. The third-order valence-corrected chi connectivity index (χ3v) is 4.50. The van der Waals surface area contributed by atoms with Crippen LogP contribution in [0.25, 0.3) is 0 Å². The minimum atomic E-state index is 0.462. The molecule has 1 fully saturated rings. The molecule has 5 heteroatoms. The second-order valence-electron chi connectivity index (χ2n) is 6.20. The van der Waals surface area contributed by atoms with E-state index in [4.69, 9.17) is 4.74 Å². The van der Waals surface area contributed by atoms with Gasteiger partial charge in [-0.3, -0.25) is 14.9 Å². The molecule has 1 atom stereocenters. The molecule has 25 heavy (non-hydrogen) atoms. The van der Waals surface area contributed by atoms with Gasteiger partial charge < -0.3 is 4.74 Å². The van der Waals surface area contributed by atoms with Gasteiger partial charge in [0.1, 0.15) is 5.75 Å². The normalized spacial score (nSPS) is 17.5. The molecule has 3 aromatic rings. The average molecular weight is 332 g/mol. The Kier molecular flexibility index (Phi) is 4.65. The zero-order chi connectivity index (χ0) is 16.9. The summed E-state index contributed by atoms with van der Waals surface area (Å²) < 4.78 is 5.70. The molecule has 0 amide bonds. The van der Waals surface area contributed by atoms with Crippen molar-refractivity contribution in [1.82, 2.24) is 19.9 Å². The standard InChI is InChI=1S/C20H20N4O/c1-3-17(13-21-9-1)19-4-2-12-24(19)15-16-5-7-18(8-6-16)25-20-14-22-10-11-23-20/h1,3,5-11,13-14,19H,2,4,12,15H2. The number of benzene rings is 1. The predicted molar refractivity (Wildman–Crippen MR) is 95.2 cm³/mol. The highest BCUT2D eigenvalue weighted by Crippen LogP contribution is 2.32. The molecule has 0 radical (unpaired) electrons. The number of hydrogen-bond acceptors (Lipinski definition) is 5. The predicted octanol–water partition coefficient (Wildman–Crippen LogP) is 4.00. The Morgan fingerprint density at radius 3 is 2.64 bits per heavy atom. The third-order valence-electron chi connectivity index (χ3n) is 4.50. The Morgan fingerprint density at radius 1 is 1.00 bits per heavy atom. The topological polar surface area (TPSA) is 51.1 Å². The Morgan fingerprint density at radius 2 is 1.88 bits per heavy atom. The van der Waals surface area contributed by atoms with Gasteiger partial charge in [-0.15, -0.1) is 0 Å². The van der Waals surface area contributed by atoms with Crippen molar-refractivity contribution in [2.45, 2.75) is 25.4 Å². The summed E-state index contributed by atoms with van der Waals surface area (Å²) in [5.41, 5.74) is 2.59. The minimum absolute atomic E-state index is 0.462. The van der Waals surface area contributed by atoms with Crippen molar-refractivity contribution in [2.24, 2.45) is 0 Å². The third kappa shape index (κ3) is 3.83. The maximum absolute atomic E-state index is 5.70. The molecule has 1 aromatic carbocycles. The molecule has 0 saturated carbocycles. The zero-order valence-electron chi connectivity index (χ0n) is 14.0. The molecule has 3 heterocycles. The molecule has 0 spiro atoms. The van der Waals surface area contributed by atoms with Crippen LogP contribution in [-0.4, -0.2) is 26.4 Å². The monoisotopic (exact) mass is 332 g/mol. The summed E-state index contributed by atoms with van der Waals surface area (Å²) in [5.74, 6) is 1.28. The first-order valence-electron chi connectivity index (χ1n) is 8.55. The second-order valence-corrected chi connectivity index (χ2v) is 6.20. The van der Waals surface area contributed by atoms with Gasteiger partial charge in [0.25, 0.3) is 0 Å². The quantitative estimate of drug-likeness (QED) is 0.707. The second kappa shape index (κ2) is 7.40. The SMILES string of the molecule is c1cncc(C2CCCN2Cc2ccc(Oc3cnccn3)cc2)c1. The van der Waals surface area contributed by atoms with E-state index in [1.165, 1.54) is 24.0 Å². The van der Waals surface area contributed by atoms with Crippen LogP contribution in [0.2, 0.25) is 0 Å². The maximum atomic E-state index is 5.70. The first kappa shape index (κ1) is 15.7. The number of likely N-dealkylation sites (tertiary alicyclic amines) is 1. The molecule has 0 bridgehead atoms. The van der Waals surface area contributed by atoms with Crippen molar-refractivity contribution in [3.8, 4) is 11.6 Å². The van der Waals surface area contributed by atoms with Gasteiger partial charge in [0.2, 0.25) is 5.88 Å². The van der Waals surface area contributed by atoms with Gasteiger partial charge >= 0.3 is 0 Å². The van der Waals surface area contributed by atoms with Crippen LogP contribution in [0.3, 0.4) is 0 Å². The number of pyridine rings is 1. The van der Waals surface area contributed by atoms with Gasteiger partial charge in [-0.05, 0) is 48.7 Å². The van der Waals surface area contributed by atoms with Crippen molar-refractivity contribution in [3.63, 3.8) is 0 Å². The van der Waals surface area contributed by atoms with Crippen molar-refractivity contribution in [3.05, 3.63) is 78.5 Å². The zero-order valence-corrected chi connectivity index (χ0v) is 14.0. The van der Waals surface area contributed by atoms with E-state index in [9.17, 15) is 0 Å². The van der Waals surface area contributed by atoms with E-state index >= 15 is 0 Å². The van der Waals surface area contributed by atoms with Crippen LogP contribution in [0.4, 0.5) is 0 Å². The van der Waals surface area contributed by atoms with Gasteiger partial charge in [-0.25, -0.2) is 4.98 Å². The van der Waals surface area contributed by atoms with Crippen LogP contribution in [0.15, 0.2) is 67.4 Å². The van der Waals surface area contributed by atoms with Gasteiger partial charge in [-0.1, -0.05) is 18.2 Å². The summed E-state index contributed by atoms with van der Waals surface area (Å²) in [4.78, 5) is 14.9. The molecule has 1 aliphatic heterocycles. The summed E-state index contributed by atoms with van der Waals surface area (Å²) in [6, 6.07) is 12.9. The average Bonchev–Trinajstić information content (AvgIpc) is 3.13. The Hall–Kier alpha value is -2.79. The van der Waals surface area contributed by atoms with Crippen molar-refractivity contribution < 1.29 is 4.74 Å². The number of rotatable bonds is 5. The van der Waals surface area contributed by atoms with Crippen LogP contribution in [0.1, 0.15) is 30.0 Å². The summed E-state index contributed by atoms with van der Waals surface area (Å²) in [6.45, 7) is 2.06. The molecule has 0 N–H and O–H groups in total.